The molecule has 0 fully saturated rings. The number of benzene rings is 1. The van der Waals surface area contributed by atoms with Crippen LogP contribution in [-0.2, 0) is 0 Å². The Morgan fingerprint density at radius 1 is 0.700 bits per heavy atom. The van der Waals surface area contributed by atoms with Crippen LogP contribution in [-0.4, -0.2) is 23.1 Å². The molecule has 4 heteroatoms. The SMILES string of the molecule is CCCCCCN(CCCCCC)c1ccc(-c2ccc(-c3ncccn3)s2)cc1. The second kappa shape index (κ2) is 12.5. The van der Waals surface area contributed by atoms with Gasteiger partial charge >= 0.3 is 0 Å². The summed E-state index contributed by atoms with van der Waals surface area (Å²) in [4.78, 5) is 13.7. The van der Waals surface area contributed by atoms with Gasteiger partial charge in [-0.3, -0.25) is 0 Å². The van der Waals surface area contributed by atoms with Crippen molar-refractivity contribution in [3.63, 3.8) is 0 Å². The first-order valence-electron chi connectivity index (χ1n) is 11.5. The molecule has 0 saturated heterocycles. The quantitative estimate of drug-likeness (QED) is 0.263. The normalized spacial score (nSPS) is 11.0. The highest BCUT2D eigenvalue weighted by molar-refractivity contribution is 7.18. The van der Waals surface area contributed by atoms with Crippen molar-refractivity contribution < 1.29 is 0 Å². The maximum atomic E-state index is 4.37. The van der Waals surface area contributed by atoms with Crippen molar-refractivity contribution in [2.75, 3.05) is 18.0 Å². The van der Waals surface area contributed by atoms with E-state index in [1.807, 2.05) is 6.07 Å². The van der Waals surface area contributed by atoms with Crippen LogP contribution in [0, 0.1) is 0 Å². The average molecular weight is 422 g/mol. The van der Waals surface area contributed by atoms with Crippen molar-refractivity contribution in [3.8, 4) is 21.1 Å². The smallest absolute Gasteiger partial charge is 0.169 e. The van der Waals surface area contributed by atoms with Gasteiger partial charge in [-0.15, -0.1) is 11.3 Å². The Labute approximate surface area is 186 Å². The van der Waals surface area contributed by atoms with Crippen LogP contribution in [0.1, 0.15) is 65.2 Å². The molecule has 0 unspecified atom stereocenters. The van der Waals surface area contributed by atoms with Gasteiger partial charge in [0.1, 0.15) is 0 Å². The van der Waals surface area contributed by atoms with Crippen molar-refractivity contribution in [1.82, 2.24) is 9.97 Å². The molecule has 2 heterocycles. The highest BCUT2D eigenvalue weighted by Gasteiger charge is 2.09. The highest BCUT2D eigenvalue weighted by atomic mass is 32.1. The van der Waals surface area contributed by atoms with Crippen LogP contribution in [0.4, 0.5) is 5.69 Å². The second-order valence-electron chi connectivity index (χ2n) is 7.89. The predicted octanol–water partition coefficient (Wildman–Crippen LogP) is 7.84. The van der Waals surface area contributed by atoms with Crippen molar-refractivity contribution in [2.45, 2.75) is 65.2 Å². The lowest BCUT2D eigenvalue weighted by atomic mass is 10.1. The standard InChI is InChI=1S/C26H35N3S/c1-3-5-7-9-20-29(21-10-8-6-4-2)23-14-12-22(13-15-23)24-16-17-25(30-24)26-27-18-11-19-28-26/h11-19H,3-10,20-21H2,1-2H3. The van der Waals surface area contributed by atoms with Gasteiger partial charge in [0, 0.05) is 36.0 Å². The molecule has 0 aliphatic heterocycles. The summed E-state index contributed by atoms with van der Waals surface area (Å²) in [6, 6.07) is 15.3. The molecule has 0 aliphatic rings. The van der Waals surface area contributed by atoms with E-state index in [1.54, 1.807) is 23.7 Å². The van der Waals surface area contributed by atoms with E-state index in [2.05, 4.69) is 65.1 Å². The molecule has 3 aromatic rings. The first kappa shape index (κ1) is 22.5. The van der Waals surface area contributed by atoms with E-state index >= 15 is 0 Å². The Hall–Kier alpha value is -2.20. The van der Waals surface area contributed by atoms with Crippen LogP contribution in [0.15, 0.2) is 54.9 Å². The molecule has 3 nitrogen and oxygen atoms in total. The molecule has 0 N–H and O–H groups in total. The third kappa shape index (κ3) is 6.66. The molecule has 2 aromatic heterocycles. The largest absolute Gasteiger partial charge is 0.372 e. The molecular weight excluding hydrogens is 386 g/mol. The number of hydrogen-bond acceptors (Lipinski definition) is 4. The number of aromatic nitrogens is 2. The number of hydrogen-bond donors (Lipinski definition) is 0. The fourth-order valence-corrected chi connectivity index (χ4v) is 4.66. The first-order valence-corrected chi connectivity index (χ1v) is 12.4. The van der Waals surface area contributed by atoms with Crippen molar-refractivity contribution >= 4 is 17.0 Å². The highest BCUT2D eigenvalue weighted by Crippen LogP contribution is 2.33. The summed E-state index contributed by atoms with van der Waals surface area (Å²) in [5.74, 6) is 0.802. The first-order chi connectivity index (χ1) is 14.8. The average Bonchev–Trinajstić information content (AvgIpc) is 3.29. The van der Waals surface area contributed by atoms with Gasteiger partial charge in [-0.1, -0.05) is 64.5 Å². The van der Waals surface area contributed by atoms with E-state index in [1.165, 1.54) is 80.6 Å². The molecule has 0 bridgehead atoms. The Balaban J connectivity index is 1.66. The van der Waals surface area contributed by atoms with E-state index in [0.29, 0.717) is 0 Å². The van der Waals surface area contributed by atoms with Gasteiger partial charge in [-0.25, -0.2) is 9.97 Å². The molecular formula is C26H35N3S. The summed E-state index contributed by atoms with van der Waals surface area (Å²) in [6.45, 7) is 6.89. The molecule has 0 saturated carbocycles. The zero-order valence-electron chi connectivity index (χ0n) is 18.5. The Kier molecular flexibility index (Phi) is 9.36. The summed E-state index contributed by atoms with van der Waals surface area (Å²) in [6.07, 6.45) is 14.1. The fraction of sp³-hybridized carbons (Fsp3) is 0.462. The lowest BCUT2D eigenvalue weighted by Gasteiger charge is -2.25. The Morgan fingerprint density at radius 3 is 1.90 bits per heavy atom. The van der Waals surface area contributed by atoms with E-state index in [9.17, 15) is 0 Å². The molecule has 0 amide bonds. The maximum Gasteiger partial charge on any atom is 0.169 e. The summed E-state index contributed by atoms with van der Waals surface area (Å²) in [5.41, 5.74) is 2.62. The molecule has 1 aromatic carbocycles. The number of rotatable bonds is 13. The van der Waals surface area contributed by atoms with Gasteiger partial charge in [-0.2, -0.15) is 0 Å². The molecule has 30 heavy (non-hydrogen) atoms. The maximum absolute atomic E-state index is 4.37. The lowest BCUT2D eigenvalue weighted by molar-refractivity contribution is 0.609. The third-order valence-corrected chi connectivity index (χ3v) is 6.60. The summed E-state index contributed by atoms with van der Waals surface area (Å²) >= 11 is 1.75. The van der Waals surface area contributed by atoms with Gasteiger partial charge < -0.3 is 4.90 Å². The topological polar surface area (TPSA) is 29.0 Å². The molecule has 0 aliphatic carbocycles. The van der Waals surface area contributed by atoms with Crippen molar-refractivity contribution in [3.05, 3.63) is 54.9 Å². The lowest BCUT2D eigenvalue weighted by Crippen LogP contribution is -2.25. The van der Waals surface area contributed by atoms with E-state index in [4.69, 9.17) is 0 Å². The number of thiophene rings is 1. The molecule has 0 radical (unpaired) electrons. The summed E-state index contributed by atoms with van der Waals surface area (Å²) in [5, 5.41) is 0. The molecule has 0 atom stereocenters. The van der Waals surface area contributed by atoms with E-state index < -0.39 is 0 Å². The van der Waals surface area contributed by atoms with Crippen LogP contribution >= 0.6 is 11.3 Å². The summed E-state index contributed by atoms with van der Waals surface area (Å²) < 4.78 is 0. The van der Waals surface area contributed by atoms with Gasteiger partial charge in [0.05, 0.1) is 4.88 Å². The predicted molar refractivity (Wildman–Crippen MR) is 131 cm³/mol. The Morgan fingerprint density at radius 2 is 1.30 bits per heavy atom. The monoisotopic (exact) mass is 421 g/mol. The van der Waals surface area contributed by atoms with Crippen LogP contribution in [0.2, 0.25) is 0 Å². The van der Waals surface area contributed by atoms with Crippen LogP contribution in [0.25, 0.3) is 21.1 Å². The van der Waals surface area contributed by atoms with E-state index in [0.717, 1.165) is 10.7 Å². The van der Waals surface area contributed by atoms with Crippen molar-refractivity contribution in [2.24, 2.45) is 0 Å². The number of nitrogens with zero attached hydrogens (tertiary/aromatic N) is 3. The molecule has 160 valence electrons. The number of anilines is 1. The van der Waals surface area contributed by atoms with Crippen LogP contribution in [0.3, 0.4) is 0 Å². The minimum Gasteiger partial charge on any atom is -0.372 e. The zero-order chi connectivity index (χ0) is 21.0. The fourth-order valence-electron chi connectivity index (χ4n) is 3.70. The minimum absolute atomic E-state index is 0.802. The zero-order valence-corrected chi connectivity index (χ0v) is 19.3. The van der Waals surface area contributed by atoms with E-state index in [-0.39, 0.29) is 0 Å². The van der Waals surface area contributed by atoms with Gasteiger partial charge in [-0.05, 0) is 48.7 Å². The third-order valence-electron chi connectivity index (χ3n) is 5.47. The van der Waals surface area contributed by atoms with Crippen LogP contribution in [0.5, 0.6) is 0 Å². The van der Waals surface area contributed by atoms with Gasteiger partial charge in [0.2, 0.25) is 0 Å². The summed E-state index contributed by atoms with van der Waals surface area (Å²) in [7, 11) is 0. The number of unbranched alkanes of at least 4 members (excludes halogenated alkanes) is 6. The minimum atomic E-state index is 0.802. The Bertz CT molecular complexity index is 830. The van der Waals surface area contributed by atoms with Gasteiger partial charge in [0.25, 0.3) is 0 Å². The van der Waals surface area contributed by atoms with Crippen LogP contribution < -0.4 is 4.90 Å². The second-order valence-corrected chi connectivity index (χ2v) is 8.98. The molecule has 0 spiro atoms. The molecule has 3 rings (SSSR count). The van der Waals surface area contributed by atoms with Crippen molar-refractivity contribution in [1.29, 1.82) is 0 Å². The van der Waals surface area contributed by atoms with Gasteiger partial charge in [0.15, 0.2) is 5.82 Å².